The van der Waals surface area contributed by atoms with Crippen molar-refractivity contribution >= 4 is 11.6 Å². The Balaban J connectivity index is 2.53. The van der Waals surface area contributed by atoms with Gasteiger partial charge in [-0.1, -0.05) is 31.5 Å². The fraction of sp³-hybridized carbons (Fsp3) is 0.625. The van der Waals surface area contributed by atoms with Crippen LogP contribution < -0.4 is 5.32 Å². The summed E-state index contributed by atoms with van der Waals surface area (Å²) in [6.07, 6.45) is 0.924. The monoisotopic (exact) mass is 285 g/mol. The van der Waals surface area contributed by atoms with Gasteiger partial charge in [-0.25, -0.2) is 4.39 Å². The molecule has 0 saturated carbocycles. The van der Waals surface area contributed by atoms with E-state index in [1.165, 1.54) is 6.07 Å². The van der Waals surface area contributed by atoms with E-state index in [2.05, 4.69) is 39.9 Å². The zero-order valence-corrected chi connectivity index (χ0v) is 13.3. The van der Waals surface area contributed by atoms with Crippen molar-refractivity contribution in [2.24, 2.45) is 11.8 Å². The molecule has 1 nitrogen and oxygen atoms in total. The molecular weight excluding hydrogens is 261 g/mol. The van der Waals surface area contributed by atoms with Crippen LogP contribution in [0.5, 0.6) is 0 Å². The van der Waals surface area contributed by atoms with Gasteiger partial charge in [-0.2, -0.15) is 0 Å². The second kappa shape index (κ2) is 6.71. The van der Waals surface area contributed by atoms with Gasteiger partial charge in [-0.15, -0.1) is 0 Å². The lowest BCUT2D eigenvalue weighted by molar-refractivity contribution is 0.317. The predicted molar refractivity (Wildman–Crippen MR) is 81.2 cm³/mol. The first-order chi connectivity index (χ1) is 8.69. The highest BCUT2D eigenvalue weighted by molar-refractivity contribution is 6.30. The van der Waals surface area contributed by atoms with E-state index in [0.29, 0.717) is 11.8 Å². The Morgan fingerprint density at radius 1 is 1.21 bits per heavy atom. The van der Waals surface area contributed by atoms with Crippen LogP contribution >= 0.6 is 11.6 Å². The molecule has 1 N–H and O–H groups in total. The van der Waals surface area contributed by atoms with Gasteiger partial charge in [0.15, 0.2) is 0 Å². The van der Waals surface area contributed by atoms with E-state index in [9.17, 15) is 4.39 Å². The Bertz CT molecular complexity index is 412. The number of benzene rings is 1. The second-order valence-corrected chi connectivity index (χ2v) is 6.95. The van der Waals surface area contributed by atoms with Crippen molar-refractivity contribution in [3.05, 3.63) is 34.6 Å². The highest BCUT2D eigenvalue weighted by atomic mass is 35.5. The maximum absolute atomic E-state index is 13.1. The molecule has 0 aromatic heterocycles. The Morgan fingerprint density at radius 2 is 1.84 bits per heavy atom. The maximum Gasteiger partial charge on any atom is 0.141 e. The van der Waals surface area contributed by atoms with Crippen molar-refractivity contribution in [3.63, 3.8) is 0 Å². The van der Waals surface area contributed by atoms with Crippen molar-refractivity contribution in [2.75, 3.05) is 6.54 Å². The molecule has 0 bridgehead atoms. The molecule has 19 heavy (non-hydrogen) atoms. The quantitative estimate of drug-likeness (QED) is 0.828. The molecule has 2 unspecified atom stereocenters. The van der Waals surface area contributed by atoms with Crippen molar-refractivity contribution in [2.45, 2.75) is 46.6 Å². The number of hydrogen-bond donors (Lipinski definition) is 1. The Labute approximate surface area is 121 Å². The zero-order valence-electron chi connectivity index (χ0n) is 12.6. The molecule has 0 aliphatic carbocycles. The predicted octanol–water partition coefficient (Wildman–Crippen LogP) is 4.68. The van der Waals surface area contributed by atoms with Crippen molar-refractivity contribution in [3.8, 4) is 0 Å². The molecule has 1 rings (SSSR count). The lowest BCUT2D eigenvalue weighted by Gasteiger charge is -2.26. The van der Waals surface area contributed by atoms with Gasteiger partial charge in [0.2, 0.25) is 0 Å². The normalized spacial score (nSPS) is 15.3. The fourth-order valence-electron chi connectivity index (χ4n) is 1.91. The summed E-state index contributed by atoms with van der Waals surface area (Å²) in [5.74, 6) is 0.736. The molecule has 0 saturated heterocycles. The Morgan fingerprint density at radius 3 is 2.37 bits per heavy atom. The minimum absolute atomic E-state index is 0.146. The molecule has 1 aromatic rings. The smallest absolute Gasteiger partial charge is 0.141 e. The van der Waals surface area contributed by atoms with Crippen molar-refractivity contribution < 1.29 is 4.39 Å². The molecule has 0 aliphatic heterocycles. The summed E-state index contributed by atoms with van der Waals surface area (Å²) in [6.45, 7) is 12.0. The van der Waals surface area contributed by atoms with Crippen LogP contribution in [0.4, 0.5) is 4.39 Å². The summed E-state index contributed by atoms with van der Waals surface area (Å²) in [7, 11) is 0. The van der Waals surface area contributed by atoms with Crippen LogP contribution in [0.15, 0.2) is 18.2 Å². The van der Waals surface area contributed by atoms with Gasteiger partial charge in [0.25, 0.3) is 0 Å². The topological polar surface area (TPSA) is 12.0 Å². The van der Waals surface area contributed by atoms with Gasteiger partial charge in [0.1, 0.15) is 5.82 Å². The zero-order chi connectivity index (χ0) is 14.6. The number of halogens is 2. The molecule has 1 aromatic carbocycles. The third-order valence-corrected chi connectivity index (χ3v) is 3.76. The Hall–Kier alpha value is -0.600. The molecule has 0 fully saturated rings. The molecule has 0 radical (unpaired) electrons. The van der Waals surface area contributed by atoms with Crippen LogP contribution in [0.2, 0.25) is 5.02 Å². The first kappa shape index (κ1) is 16.5. The molecular formula is C16H25ClFN. The summed E-state index contributed by atoms with van der Waals surface area (Å²) in [5, 5.41) is 3.74. The van der Waals surface area contributed by atoms with Crippen LogP contribution in [0.1, 0.15) is 40.2 Å². The minimum atomic E-state index is -0.347. The second-order valence-electron chi connectivity index (χ2n) is 6.54. The molecule has 2 atom stereocenters. The van der Waals surface area contributed by atoms with E-state index < -0.39 is 0 Å². The highest BCUT2D eigenvalue weighted by Crippen LogP contribution is 2.21. The number of nitrogens with one attached hydrogen (secondary N) is 1. The van der Waals surface area contributed by atoms with E-state index in [1.54, 1.807) is 6.07 Å². The highest BCUT2D eigenvalue weighted by Gasteiger charge is 2.16. The number of rotatable bonds is 5. The summed E-state index contributed by atoms with van der Waals surface area (Å²) in [6, 6.07) is 5.00. The van der Waals surface area contributed by atoms with Gasteiger partial charge in [0.05, 0.1) is 5.02 Å². The van der Waals surface area contributed by atoms with E-state index in [4.69, 9.17) is 11.6 Å². The van der Waals surface area contributed by atoms with E-state index in [0.717, 1.165) is 18.5 Å². The first-order valence-electron chi connectivity index (χ1n) is 6.88. The molecule has 0 heterocycles. The average molecular weight is 286 g/mol. The molecule has 3 heteroatoms. The fourth-order valence-corrected chi connectivity index (χ4v) is 2.11. The summed E-state index contributed by atoms with van der Waals surface area (Å²) in [5.41, 5.74) is 1.24. The largest absolute Gasteiger partial charge is 0.312 e. The van der Waals surface area contributed by atoms with Gasteiger partial charge in [-0.3, -0.25) is 0 Å². The number of hydrogen-bond acceptors (Lipinski definition) is 1. The van der Waals surface area contributed by atoms with Crippen LogP contribution in [0.3, 0.4) is 0 Å². The molecule has 108 valence electrons. The van der Waals surface area contributed by atoms with E-state index in [-0.39, 0.29) is 16.4 Å². The van der Waals surface area contributed by atoms with Gasteiger partial charge in [-0.05, 0) is 63.3 Å². The standard InChI is InChI=1S/C16H25ClFN/c1-11(12(2)10-19-16(3,4)5)8-13-6-7-15(18)14(17)9-13/h6-7,9,11-12,19H,8,10H2,1-5H3. The van der Waals surface area contributed by atoms with Crippen molar-refractivity contribution in [1.29, 1.82) is 0 Å². The summed E-state index contributed by atoms with van der Waals surface area (Å²) >= 11 is 5.81. The van der Waals surface area contributed by atoms with E-state index in [1.807, 2.05) is 6.07 Å². The van der Waals surface area contributed by atoms with Gasteiger partial charge >= 0.3 is 0 Å². The van der Waals surface area contributed by atoms with Crippen LogP contribution in [0, 0.1) is 17.7 Å². The van der Waals surface area contributed by atoms with Crippen molar-refractivity contribution in [1.82, 2.24) is 5.32 Å². The lowest BCUT2D eigenvalue weighted by Crippen LogP contribution is -2.40. The van der Waals surface area contributed by atoms with Gasteiger partial charge in [0, 0.05) is 5.54 Å². The minimum Gasteiger partial charge on any atom is -0.312 e. The van der Waals surface area contributed by atoms with Crippen LogP contribution in [0.25, 0.3) is 0 Å². The molecule has 0 aliphatic rings. The molecule has 0 spiro atoms. The SMILES string of the molecule is CC(CNC(C)(C)C)C(C)Cc1ccc(F)c(Cl)c1. The third-order valence-electron chi connectivity index (χ3n) is 3.47. The first-order valence-corrected chi connectivity index (χ1v) is 7.26. The summed E-state index contributed by atoms with van der Waals surface area (Å²) in [4.78, 5) is 0. The average Bonchev–Trinajstić information content (AvgIpc) is 2.29. The lowest BCUT2D eigenvalue weighted by atomic mass is 9.89. The Kier molecular flexibility index (Phi) is 5.82. The van der Waals surface area contributed by atoms with Crippen LogP contribution in [-0.2, 0) is 6.42 Å². The van der Waals surface area contributed by atoms with E-state index >= 15 is 0 Å². The van der Waals surface area contributed by atoms with Crippen LogP contribution in [-0.4, -0.2) is 12.1 Å². The van der Waals surface area contributed by atoms with Gasteiger partial charge < -0.3 is 5.32 Å². The maximum atomic E-state index is 13.1. The third kappa shape index (κ3) is 5.92. The molecule has 0 amide bonds. The summed E-state index contributed by atoms with van der Waals surface area (Å²) < 4.78 is 13.1.